The Morgan fingerprint density at radius 1 is 0.704 bits per heavy atom. The summed E-state index contributed by atoms with van der Waals surface area (Å²) in [5, 5.41) is 1.92. The van der Waals surface area contributed by atoms with Crippen molar-refractivity contribution in [2.24, 2.45) is 0 Å². The molecule has 0 radical (unpaired) electrons. The molecule has 2 aromatic carbocycles. The summed E-state index contributed by atoms with van der Waals surface area (Å²) in [7, 11) is 0. The zero-order valence-corrected chi connectivity index (χ0v) is 16.3. The molecule has 27 heavy (non-hydrogen) atoms. The fraction of sp³-hybridized carbons (Fsp3) is 0.300. The standard InChI is InChI=1S/C20H21Cl2NO4/c21-13-15-1-5-17(6-2-15)19(24)26-11-9-23-10-12-27-20(25)18-7-3-16(14-22)4-8-18/h1-8,23H,9-14H2/p+1. The molecule has 0 saturated heterocycles. The van der Waals surface area contributed by atoms with Crippen molar-refractivity contribution in [2.45, 2.75) is 11.8 Å². The Labute approximate surface area is 168 Å². The average molecular weight is 411 g/mol. The summed E-state index contributed by atoms with van der Waals surface area (Å²) >= 11 is 11.4. The second-order valence-corrected chi connectivity index (χ2v) is 6.33. The number of ether oxygens (including phenoxy) is 2. The van der Waals surface area contributed by atoms with Gasteiger partial charge in [-0.1, -0.05) is 24.3 Å². The third-order valence-electron chi connectivity index (χ3n) is 3.80. The lowest BCUT2D eigenvalue weighted by molar-refractivity contribution is -0.656. The van der Waals surface area contributed by atoms with E-state index in [1.165, 1.54) is 0 Å². The largest absolute Gasteiger partial charge is 0.456 e. The molecule has 0 heterocycles. The van der Waals surface area contributed by atoms with E-state index in [1.54, 1.807) is 48.5 Å². The minimum Gasteiger partial charge on any atom is -0.456 e. The molecule has 0 aliphatic rings. The lowest BCUT2D eigenvalue weighted by atomic mass is 10.1. The van der Waals surface area contributed by atoms with Crippen LogP contribution in [0.1, 0.15) is 31.8 Å². The van der Waals surface area contributed by atoms with Gasteiger partial charge in [0, 0.05) is 11.8 Å². The van der Waals surface area contributed by atoms with Crippen LogP contribution < -0.4 is 5.32 Å². The quantitative estimate of drug-likeness (QED) is 0.371. The van der Waals surface area contributed by atoms with Gasteiger partial charge in [0.2, 0.25) is 0 Å². The van der Waals surface area contributed by atoms with Crippen molar-refractivity contribution in [3.8, 4) is 0 Å². The number of quaternary nitrogens is 1. The number of halogens is 2. The summed E-state index contributed by atoms with van der Waals surface area (Å²) in [6, 6.07) is 14.0. The maximum absolute atomic E-state index is 11.9. The maximum Gasteiger partial charge on any atom is 0.338 e. The fourth-order valence-corrected chi connectivity index (χ4v) is 2.60. The number of carbonyl (C=O) groups excluding carboxylic acids is 2. The van der Waals surface area contributed by atoms with Crippen LogP contribution in [0.25, 0.3) is 0 Å². The van der Waals surface area contributed by atoms with Gasteiger partial charge in [0.15, 0.2) is 0 Å². The van der Waals surface area contributed by atoms with Gasteiger partial charge in [0.05, 0.1) is 11.1 Å². The molecule has 0 amide bonds. The first kappa shape index (κ1) is 21.2. The molecule has 5 nitrogen and oxygen atoms in total. The Morgan fingerprint density at radius 3 is 1.41 bits per heavy atom. The molecule has 7 heteroatoms. The van der Waals surface area contributed by atoms with Crippen LogP contribution in [0.4, 0.5) is 0 Å². The number of benzene rings is 2. The molecule has 0 aliphatic heterocycles. The first-order valence-electron chi connectivity index (χ1n) is 8.59. The summed E-state index contributed by atoms with van der Waals surface area (Å²) in [5.74, 6) is 0.0916. The van der Waals surface area contributed by atoms with Crippen LogP contribution in [0, 0.1) is 0 Å². The highest BCUT2D eigenvalue weighted by atomic mass is 35.5. The Balaban J connectivity index is 1.57. The van der Waals surface area contributed by atoms with Crippen LogP contribution in [-0.4, -0.2) is 38.2 Å². The highest BCUT2D eigenvalue weighted by molar-refractivity contribution is 6.17. The fourth-order valence-electron chi connectivity index (χ4n) is 2.24. The second-order valence-electron chi connectivity index (χ2n) is 5.80. The topological polar surface area (TPSA) is 69.2 Å². The van der Waals surface area contributed by atoms with E-state index in [4.69, 9.17) is 32.7 Å². The normalized spacial score (nSPS) is 10.4. The SMILES string of the molecule is O=C(OCC[NH2+]CCOC(=O)c1ccc(CCl)cc1)c1ccc(CCl)cc1. The summed E-state index contributed by atoms with van der Waals surface area (Å²) < 4.78 is 10.4. The molecular weight excluding hydrogens is 389 g/mol. The molecular formula is C20H22Cl2NO4+. The summed E-state index contributed by atoms with van der Waals surface area (Å²) in [6.07, 6.45) is 0. The molecule has 0 unspecified atom stereocenters. The van der Waals surface area contributed by atoms with Crippen LogP contribution in [-0.2, 0) is 21.2 Å². The van der Waals surface area contributed by atoms with Crippen molar-refractivity contribution in [3.05, 3.63) is 70.8 Å². The molecule has 0 aromatic heterocycles. The molecule has 0 bridgehead atoms. The van der Waals surface area contributed by atoms with Gasteiger partial charge in [-0.15, -0.1) is 23.2 Å². The smallest absolute Gasteiger partial charge is 0.338 e. The van der Waals surface area contributed by atoms with Gasteiger partial charge in [-0.05, 0) is 35.4 Å². The second kappa shape index (κ2) is 11.6. The summed E-state index contributed by atoms with van der Waals surface area (Å²) in [5.41, 5.74) is 2.90. The van der Waals surface area contributed by atoms with Gasteiger partial charge in [0.1, 0.15) is 26.3 Å². The highest BCUT2D eigenvalue weighted by Gasteiger charge is 2.08. The number of hydrogen-bond acceptors (Lipinski definition) is 4. The van der Waals surface area contributed by atoms with Gasteiger partial charge in [0.25, 0.3) is 0 Å². The lowest BCUT2D eigenvalue weighted by Gasteiger charge is -2.06. The molecule has 2 aromatic rings. The van der Waals surface area contributed by atoms with Crippen molar-refractivity contribution in [2.75, 3.05) is 26.3 Å². The third-order valence-corrected chi connectivity index (χ3v) is 4.42. The van der Waals surface area contributed by atoms with Crippen LogP contribution in [0.2, 0.25) is 0 Å². The van der Waals surface area contributed by atoms with Crippen molar-refractivity contribution >= 4 is 35.1 Å². The van der Waals surface area contributed by atoms with Crippen molar-refractivity contribution in [1.29, 1.82) is 0 Å². The Hall–Kier alpha value is -2.08. The summed E-state index contributed by atoms with van der Waals surface area (Å²) in [4.78, 5) is 23.8. The van der Waals surface area contributed by atoms with Gasteiger partial charge in [-0.2, -0.15) is 0 Å². The minimum absolute atomic E-state index is 0.282. The summed E-state index contributed by atoms with van der Waals surface area (Å²) in [6.45, 7) is 1.74. The number of hydrogen-bond donors (Lipinski definition) is 1. The van der Waals surface area contributed by atoms with Gasteiger partial charge < -0.3 is 14.8 Å². The number of esters is 2. The monoisotopic (exact) mass is 410 g/mol. The molecule has 2 rings (SSSR count). The molecule has 144 valence electrons. The molecule has 0 spiro atoms. The van der Waals surface area contributed by atoms with E-state index < -0.39 is 0 Å². The van der Waals surface area contributed by atoms with E-state index >= 15 is 0 Å². The van der Waals surface area contributed by atoms with Crippen LogP contribution >= 0.6 is 23.2 Å². The number of carbonyl (C=O) groups is 2. The molecule has 0 aliphatic carbocycles. The molecule has 0 fully saturated rings. The van der Waals surface area contributed by atoms with Crippen LogP contribution in [0.5, 0.6) is 0 Å². The predicted molar refractivity (Wildman–Crippen MR) is 104 cm³/mol. The van der Waals surface area contributed by atoms with E-state index in [9.17, 15) is 9.59 Å². The number of rotatable bonds is 10. The lowest BCUT2D eigenvalue weighted by Crippen LogP contribution is -2.86. The minimum atomic E-state index is -0.364. The Bertz CT molecular complexity index is 669. The predicted octanol–water partition coefficient (Wildman–Crippen LogP) is 2.74. The van der Waals surface area contributed by atoms with E-state index in [2.05, 4.69) is 0 Å². The highest BCUT2D eigenvalue weighted by Crippen LogP contribution is 2.08. The number of nitrogens with two attached hydrogens (primary N) is 1. The molecule has 2 N–H and O–H groups in total. The average Bonchev–Trinajstić information content (AvgIpc) is 2.72. The zero-order valence-electron chi connectivity index (χ0n) is 14.8. The molecule has 0 atom stereocenters. The van der Waals surface area contributed by atoms with Crippen LogP contribution in [0.15, 0.2) is 48.5 Å². The number of alkyl halides is 2. The van der Waals surface area contributed by atoms with E-state index in [-0.39, 0.29) is 25.2 Å². The van der Waals surface area contributed by atoms with E-state index in [1.807, 2.05) is 5.32 Å². The van der Waals surface area contributed by atoms with Crippen molar-refractivity contribution in [1.82, 2.24) is 0 Å². The van der Waals surface area contributed by atoms with Gasteiger partial charge >= 0.3 is 11.9 Å². The third kappa shape index (κ3) is 7.21. The van der Waals surface area contributed by atoms with Gasteiger partial charge in [-0.25, -0.2) is 9.59 Å². The first-order chi connectivity index (χ1) is 13.1. The van der Waals surface area contributed by atoms with E-state index in [0.29, 0.717) is 36.0 Å². The van der Waals surface area contributed by atoms with E-state index in [0.717, 1.165) is 11.1 Å². The maximum atomic E-state index is 11.9. The van der Waals surface area contributed by atoms with Crippen molar-refractivity contribution < 1.29 is 24.4 Å². The van der Waals surface area contributed by atoms with Gasteiger partial charge in [-0.3, -0.25) is 0 Å². The Morgan fingerprint density at radius 2 is 1.07 bits per heavy atom. The van der Waals surface area contributed by atoms with Crippen molar-refractivity contribution in [3.63, 3.8) is 0 Å². The Kier molecular flexibility index (Phi) is 9.11. The van der Waals surface area contributed by atoms with Crippen LogP contribution in [0.3, 0.4) is 0 Å². The zero-order chi connectivity index (χ0) is 19.5. The first-order valence-corrected chi connectivity index (χ1v) is 9.66. The molecule has 0 saturated carbocycles.